The number of aryl methyl sites for hydroxylation is 7. The number of unbranched alkanes of at least 4 members (excludes halogenated alkanes) is 2. The van der Waals surface area contributed by atoms with Gasteiger partial charge in [-0.15, -0.1) is 0 Å². The zero-order valence-corrected chi connectivity index (χ0v) is 27.8. The predicted octanol–water partition coefficient (Wildman–Crippen LogP) is 2.74. The standard InChI is InChI=1S/C35H50N6O5/c1-20-14-25(42)15-21(2)27(20)18-29(36)33(44)38-12-8-6-10-31-24(5)40-32(35(46)41-31)11-7-9-13-39-34(45)30(37)19-28-22(3)16-26(43)17-23(28)4/h14-17,29-30,42-43H,6-13,18-19,36-37H2,1-5H3,(H,38,44)(H,39,45)(H,41,46)/t29-,30-/m0/s1. The molecule has 250 valence electrons. The van der Waals surface area contributed by atoms with Gasteiger partial charge in [0.2, 0.25) is 11.8 Å². The van der Waals surface area contributed by atoms with Crippen LogP contribution >= 0.6 is 0 Å². The smallest absolute Gasteiger partial charge is 0.269 e. The lowest BCUT2D eigenvalue weighted by Gasteiger charge is -2.16. The number of hydrogen-bond acceptors (Lipinski definition) is 8. The first-order chi connectivity index (χ1) is 21.8. The van der Waals surface area contributed by atoms with E-state index < -0.39 is 12.1 Å². The van der Waals surface area contributed by atoms with Gasteiger partial charge in [0.1, 0.15) is 17.2 Å². The molecule has 0 fully saturated rings. The van der Waals surface area contributed by atoms with Crippen molar-refractivity contribution in [2.45, 2.75) is 98.1 Å². The van der Waals surface area contributed by atoms with Gasteiger partial charge in [-0.1, -0.05) is 0 Å². The summed E-state index contributed by atoms with van der Waals surface area (Å²) in [5.74, 6) is -0.0520. The number of carbonyl (C=O) groups is 2. The van der Waals surface area contributed by atoms with Crippen LogP contribution in [0, 0.1) is 34.6 Å². The van der Waals surface area contributed by atoms with Gasteiger partial charge in [0, 0.05) is 18.8 Å². The molecular formula is C35H50N6O5. The number of amides is 2. The first-order valence-corrected chi connectivity index (χ1v) is 16.0. The quantitative estimate of drug-likeness (QED) is 0.117. The van der Waals surface area contributed by atoms with Gasteiger partial charge in [0.15, 0.2) is 0 Å². The Hall–Kier alpha value is -4.22. The van der Waals surface area contributed by atoms with Crippen molar-refractivity contribution < 1.29 is 19.8 Å². The largest absolute Gasteiger partial charge is 0.508 e. The van der Waals surface area contributed by atoms with E-state index in [-0.39, 0.29) is 28.9 Å². The third kappa shape index (κ3) is 10.4. The van der Waals surface area contributed by atoms with Gasteiger partial charge in [-0.3, -0.25) is 19.4 Å². The maximum absolute atomic E-state index is 12.7. The lowest BCUT2D eigenvalue weighted by molar-refractivity contribution is -0.123. The number of hydrogen-bond donors (Lipinski definition) is 7. The Kier molecular flexibility index (Phi) is 13.3. The van der Waals surface area contributed by atoms with E-state index in [1.54, 1.807) is 24.3 Å². The number of aromatic hydroxyl groups is 2. The molecule has 46 heavy (non-hydrogen) atoms. The number of phenolic OH excluding ortho intramolecular Hbond substituents is 2. The predicted molar refractivity (Wildman–Crippen MR) is 180 cm³/mol. The van der Waals surface area contributed by atoms with E-state index in [1.807, 2.05) is 34.6 Å². The topological polar surface area (TPSA) is 196 Å². The van der Waals surface area contributed by atoms with Crippen molar-refractivity contribution in [1.29, 1.82) is 0 Å². The Morgan fingerprint density at radius 1 is 0.739 bits per heavy atom. The lowest BCUT2D eigenvalue weighted by Crippen LogP contribution is -2.42. The van der Waals surface area contributed by atoms with E-state index in [2.05, 4.69) is 20.6 Å². The molecule has 0 aliphatic heterocycles. The average Bonchev–Trinajstić information content (AvgIpc) is 2.97. The second-order valence-corrected chi connectivity index (χ2v) is 12.3. The molecule has 0 saturated carbocycles. The Labute approximate surface area is 271 Å². The Morgan fingerprint density at radius 3 is 1.59 bits per heavy atom. The van der Waals surface area contributed by atoms with Gasteiger partial charge in [-0.2, -0.15) is 0 Å². The minimum absolute atomic E-state index is 0.198. The number of aromatic amines is 1. The number of benzene rings is 2. The van der Waals surface area contributed by atoms with Crippen LogP contribution in [0.15, 0.2) is 29.1 Å². The van der Waals surface area contributed by atoms with Crippen LogP contribution in [0.25, 0.3) is 0 Å². The van der Waals surface area contributed by atoms with E-state index in [4.69, 9.17) is 11.5 Å². The van der Waals surface area contributed by atoms with Crippen LogP contribution in [0.2, 0.25) is 0 Å². The maximum Gasteiger partial charge on any atom is 0.269 e. The Morgan fingerprint density at radius 2 is 1.15 bits per heavy atom. The van der Waals surface area contributed by atoms with Crippen molar-refractivity contribution in [3.63, 3.8) is 0 Å². The molecular weight excluding hydrogens is 584 g/mol. The first-order valence-electron chi connectivity index (χ1n) is 16.0. The minimum Gasteiger partial charge on any atom is -0.508 e. The van der Waals surface area contributed by atoms with Crippen LogP contribution in [-0.4, -0.2) is 57.2 Å². The normalized spacial score (nSPS) is 12.5. The van der Waals surface area contributed by atoms with Crippen molar-refractivity contribution >= 4 is 11.8 Å². The SMILES string of the molecule is Cc1cc(O)cc(C)c1C[C@H](N)C(=O)NCCCCc1[nH]c(=O)c(CCCCNC(=O)[C@@H](N)Cc2c(C)cc(O)cc2C)nc1C. The van der Waals surface area contributed by atoms with Gasteiger partial charge in [0.25, 0.3) is 5.56 Å². The summed E-state index contributed by atoms with van der Waals surface area (Å²) in [6, 6.07) is 5.30. The second-order valence-electron chi connectivity index (χ2n) is 12.3. The molecule has 0 aliphatic carbocycles. The van der Waals surface area contributed by atoms with Crippen LogP contribution in [0.4, 0.5) is 0 Å². The molecule has 2 atom stereocenters. The van der Waals surface area contributed by atoms with Crippen LogP contribution < -0.4 is 27.7 Å². The van der Waals surface area contributed by atoms with Crippen molar-refractivity contribution in [3.8, 4) is 11.5 Å². The summed E-state index contributed by atoms with van der Waals surface area (Å²) in [5.41, 5.74) is 19.7. The molecule has 0 bridgehead atoms. The number of nitrogens with zero attached hydrogens (tertiary/aromatic N) is 1. The summed E-state index contributed by atoms with van der Waals surface area (Å²) >= 11 is 0. The molecule has 1 heterocycles. The molecule has 0 radical (unpaired) electrons. The Balaban J connectivity index is 1.35. The molecule has 3 aromatic rings. The fourth-order valence-electron chi connectivity index (χ4n) is 5.77. The molecule has 2 amide bonds. The first kappa shape index (κ1) is 36.3. The summed E-state index contributed by atoms with van der Waals surface area (Å²) in [7, 11) is 0. The van der Waals surface area contributed by atoms with Gasteiger partial charge in [0.05, 0.1) is 17.8 Å². The molecule has 11 heteroatoms. The molecule has 11 nitrogen and oxygen atoms in total. The molecule has 0 saturated heterocycles. The van der Waals surface area contributed by atoms with Crippen LogP contribution in [0.3, 0.4) is 0 Å². The summed E-state index contributed by atoms with van der Waals surface area (Å²) in [4.78, 5) is 45.2. The summed E-state index contributed by atoms with van der Waals surface area (Å²) in [5, 5.41) is 25.2. The van der Waals surface area contributed by atoms with E-state index in [0.29, 0.717) is 57.3 Å². The van der Waals surface area contributed by atoms with E-state index in [9.17, 15) is 24.6 Å². The van der Waals surface area contributed by atoms with E-state index >= 15 is 0 Å². The average molecular weight is 635 g/mol. The number of carbonyl (C=O) groups excluding carboxylic acids is 2. The molecule has 2 aromatic carbocycles. The highest BCUT2D eigenvalue weighted by Crippen LogP contribution is 2.23. The van der Waals surface area contributed by atoms with Crippen molar-refractivity contribution in [1.82, 2.24) is 20.6 Å². The second kappa shape index (κ2) is 16.9. The Bertz CT molecular complexity index is 1540. The van der Waals surface area contributed by atoms with Crippen LogP contribution in [0.5, 0.6) is 11.5 Å². The van der Waals surface area contributed by atoms with Crippen LogP contribution in [0.1, 0.15) is 76.1 Å². The maximum atomic E-state index is 12.7. The van der Waals surface area contributed by atoms with Gasteiger partial charge in [-0.25, -0.2) is 0 Å². The van der Waals surface area contributed by atoms with Gasteiger partial charge < -0.3 is 37.3 Å². The van der Waals surface area contributed by atoms with E-state index in [0.717, 1.165) is 57.6 Å². The zero-order chi connectivity index (χ0) is 34.0. The highest BCUT2D eigenvalue weighted by atomic mass is 16.3. The number of rotatable bonds is 16. The number of H-pyrrole nitrogens is 1. The highest BCUT2D eigenvalue weighted by molar-refractivity contribution is 5.82. The third-order valence-electron chi connectivity index (χ3n) is 8.44. The van der Waals surface area contributed by atoms with E-state index in [1.165, 1.54) is 0 Å². The third-order valence-corrected chi connectivity index (χ3v) is 8.44. The fourth-order valence-corrected chi connectivity index (χ4v) is 5.77. The monoisotopic (exact) mass is 634 g/mol. The minimum atomic E-state index is -0.694. The number of phenols is 2. The summed E-state index contributed by atoms with van der Waals surface area (Å²) in [6.45, 7) is 10.4. The van der Waals surface area contributed by atoms with Crippen molar-refractivity contribution in [2.24, 2.45) is 11.5 Å². The molecule has 0 unspecified atom stereocenters. The van der Waals surface area contributed by atoms with Crippen molar-refractivity contribution in [3.05, 3.63) is 85.1 Å². The van der Waals surface area contributed by atoms with Crippen LogP contribution in [-0.2, 0) is 35.3 Å². The summed E-state index contributed by atoms with van der Waals surface area (Å²) in [6.07, 6.45) is 4.78. The summed E-state index contributed by atoms with van der Waals surface area (Å²) < 4.78 is 0. The lowest BCUT2D eigenvalue weighted by atomic mass is 9.96. The molecule has 0 aliphatic rings. The van der Waals surface area contributed by atoms with Gasteiger partial charge >= 0.3 is 0 Å². The zero-order valence-electron chi connectivity index (χ0n) is 27.8. The molecule has 0 spiro atoms. The highest BCUT2D eigenvalue weighted by Gasteiger charge is 2.18. The molecule has 9 N–H and O–H groups in total. The molecule has 1 aromatic heterocycles. The number of nitrogens with two attached hydrogens (primary N) is 2. The number of aromatic nitrogens is 2. The fraction of sp³-hybridized carbons (Fsp3) is 0.486. The van der Waals surface area contributed by atoms with Crippen molar-refractivity contribution in [2.75, 3.05) is 13.1 Å². The number of nitrogens with one attached hydrogen (secondary N) is 3. The van der Waals surface area contributed by atoms with Gasteiger partial charge in [-0.05, 0) is 144 Å². The molecule has 3 rings (SSSR count).